The van der Waals surface area contributed by atoms with Crippen molar-refractivity contribution in [2.45, 2.75) is 19.5 Å². The zero-order valence-corrected chi connectivity index (χ0v) is 16.0. The lowest BCUT2D eigenvalue weighted by atomic mass is 10.1. The van der Waals surface area contributed by atoms with Gasteiger partial charge in [0.2, 0.25) is 5.95 Å². The maximum atomic E-state index is 13.4. The van der Waals surface area contributed by atoms with Gasteiger partial charge in [-0.2, -0.15) is 4.39 Å². The van der Waals surface area contributed by atoms with Crippen LogP contribution in [0.4, 0.5) is 8.78 Å². The van der Waals surface area contributed by atoms with E-state index in [0.29, 0.717) is 45.5 Å². The molecule has 0 aliphatic carbocycles. The zero-order chi connectivity index (χ0) is 20.1. The van der Waals surface area contributed by atoms with Gasteiger partial charge in [-0.15, -0.1) is 21.5 Å². The second-order valence-electron chi connectivity index (χ2n) is 6.71. The maximum absolute atomic E-state index is 13.4. The van der Waals surface area contributed by atoms with Crippen LogP contribution in [0.2, 0.25) is 0 Å². The van der Waals surface area contributed by atoms with Crippen LogP contribution in [0.5, 0.6) is 0 Å². The molecular formula is C19H14F2N6OS. The Kier molecular flexibility index (Phi) is 4.09. The molecule has 4 aromatic rings. The third kappa shape index (κ3) is 2.96. The van der Waals surface area contributed by atoms with Crippen molar-refractivity contribution < 1.29 is 13.6 Å². The number of fused-ring (bicyclic) bond motifs is 2. The Morgan fingerprint density at radius 2 is 1.97 bits per heavy atom. The third-order valence-corrected chi connectivity index (χ3v) is 5.98. The van der Waals surface area contributed by atoms with E-state index in [9.17, 15) is 13.6 Å². The standard InChI is InChI=1S/C19H14F2N6OS/c1-10-16-24-25-17(18-23-13-9-22-15(21)8-14(13)29-18)27(16)7-6-26(10)19(28)11-2-4-12(20)5-3-11/h2-5,8-10H,6-7H2,1H3. The van der Waals surface area contributed by atoms with Crippen LogP contribution in [0.1, 0.15) is 29.1 Å². The van der Waals surface area contributed by atoms with Gasteiger partial charge >= 0.3 is 0 Å². The van der Waals surface area contributed by atoms with E-state index in [-0.39, 0.29) is 17.8 Å². The quantitative estimate of drug-likeness (QED) is 0.472. The number of halogens is 2. The van der Waals surface area contributed by atoms with Crippen molar-refractivity contribution in [1.82, 2.24) is 29.6 Å². The lowest BCUT2D eigenvalue weighted by Crippen LogP contribution is -2.41. The van der Waals surface area contributed by atoms with E-state index in [1.807, 2.05) is 11.5 Å². The number of benzene rings is 1. The molecule has 0 spiro atoms. The Balaban J connectivity index is 1.47. The fraction of sp³-hybridized carbons (Fsp3) is 0.211. The predicted octanol–water partition coefficient (Wildman–Crippen LogP) is 3.45. The average molecular weight is 412 g/mol. The molecule has 1 atom stereocenters. The Morgan fingerprint density at radius 1 is 1.17 bits per heavy atom. The highest BCUT2D eigenvalue weighted by molar-refractivity contribution is 7.21. The monoisotopic (exact) mass is 412 g/mol. The maximum Gasteiger partial charge on any atom is 0.254 e. The van der Waals surface area contributed by atoms with Crippen molar-refractivity contribution in [1.29, 1.82) is 0 Å². The Morgan fingerprint density at radius 3 is 2.76 bits per heavy atom. The van der Waals surface area contributed by atoms with Crippen molar-refractivity contribution in [2.24, 2.45) is 0 Å². The minimum Gasteiger partial charge on any atom is -0.327 e. The number of thiazole rings is 1. The normalized spacial score (nSPS) is 16.2. The molecule has 0 saturated heterocycles. The van der Waals surface area contributed by atoms with E-state index in [1.54, 1.807) is 4.90 Å². The van der Waals surface area contributed by atoms with Gasteiger partial charge in [-0.3, -0.25) is 4.79 Å². The van der Waals surface area contributed by atoms with Gasteiger partial charge in [-0.1, -0.05) is 0 Å². The Labute approximate surface area is 167 Å². The van der Waals surface area contributed by atoms with Gasteiger partial charge in [-0.05, 0) is 31.2 Å². The number of amides is 1. The number of carbonyl (C=O) groups excluding carboxylic acids is 1. The lowest BCUT2D eigenvalue weighted by Gasteiger charge is -2.33. The highest BCUT2D eigenvalue weighted by Gasteiger charge is 2.32. The highest BCUT2D eigenvalue weighted by atomic mass is 32.1. The molecule has 1 aliphatic rings. The molecule has 3 aromatic heterocycles. The van der Waals surface area contributed by atoms with Crippen LogP contribution in [0.15, 0.2) is 36.5 Å². The number of hydrogen-bond acceptors (Lipinski definition) is 6. The van der Waals surface area contributed by atoms with Crippen LogP contribution >= 0.6 is 11.3 Å². The van der Waals surface area contributed by atoms with Crippen molar-refractivity contribution in [3.63, 3.8) is 0 Å². The van der Waals surface area contributed by atoms with E-state index in [4.69, 9.17) is 0 Å². The number of aromatic nitrogens is 5. The summed E-state index contributed by atoms with van der Waals surface area (Å²) in [6, 6.07) is 6.53. The van der Waals surface area contributed by atoms with Crippen molar-refractivity contribution in [3.05, 3.63) is 59.7 Å². The van der Waals surface area contributed by atoms with Crippen LogP contribution in [0.3, 0.4) is 0 Å². The molecule has 0 radical (unpaired) electrons. The molecule has 4 heterocycles. The van der Waals surface area contributed by atoms with Crippen LogP contribution in [0, 0.1) is 11.8 Å². The fourth-order valence-corrected chi connectivity index (χ4v) is 4.44. The van der Waals surface area contributed by atoms with Crippen molar-refractivity contribution in [3.8, 4) is 10.8 Å². The van der Waals surface area contributed by atoms with E-state index < -0.39 is 5.95 Å². The predicted molar refractivity (Wildman–Crippen MR) is 102 cm³/mol. The molecule has 1 aliphatic heterocycles. The summed E-state index contributed by atoms with van der Waals surface area (Å²) < 4.78 is 29.1. The second kappa shape index (κ2) is 6.66. The first-order chi connectivity index (χ1) is 14.0. The molecule has 146 valence electrons. The lowest BCUT2D eigenvalue weighted by molar-refractivity contribution is 0.0638. The largest absolute Gasteiger partial charge is 0.327 e. The molecule has 0 fully saturated rings. The van der Waals surface area contributed by atoms with Crippen LogP contribution in [-0.2, 0) is 6.54 Å². The minimum absolute atomic E-state index is 0.185. The number of pyridine rings is 1. The van der Waals surface area contributed by atoms with E-state index in [1.165, 1.54) is 47.9 Å². The molecule has 0 N–H and O–H groups in total. The number of rotatable bonds is 2. The molecule has 1 amide bonds. The van der Waals surface area contributed by atoms with Crippen LogP contribution in [-0.4, -0.2) is 42.1 Å². The topological polar surface area (TPSA) is 76.8 Å². The summed E-state index contributed by atoms with van der Waals surface area (Å²) in [4.78, 5) is 22.7. The summed E-state index contributed by atoms with van der Waals surface area (Å²) in [6.07, 6.45) is 1.39. The van der Waals surface area contributed by atoms with E-state index >= 15 is 0 Å². The second-order valence-corrected chi connectivity index (χ2v) is 7.74. The highest BCUT2D eigenvalue weighted by Crippen LogP contribution is 2.33. The summed E-state index contributed by atoms with van der Waals surface area (Å²) in [5, 5.41) is 9.17. The zero-order valence-electron chi connectivity index (χ0n) is 15.2. The van der Waals surface area contributed by atoms with E-state index in [0.717, 1.165) is 0 Å². The first-order valence-corrected chi connectivity index (χ1v) is 9.75. The van der Waals surface area contributed by atoms with Crippen molar-refractivity contribution >= 4 is 27.5 Å². The molecular weight excluding hydrogens is 398 g/mol. The molecule has 10 heteroatoms. The van der Waals surface area contributed by atoms with Gasteiger partial charge in [-0.25, -0.2) is 14.4 Å². The number of carbonyl (C=O) groups is 1. The number of hydrogen-bond donors (Lipinski definition) is 0. The Hall–Kier alpha value is -3.27. The van der Waals surface area contributed by atoms with Gasteiger partial charge in [0, 0.05) is 24.7 Å². The first kappa shape index (κ1) is 17.8. The SMILES string of the molecule is CC1c2nnc(-c3nc4cnc(F)cc4s3)n2CCN1C(=O)c1ccc(F)cc1. The molecule has 5 rings (SSSR count). The van der Waals surface area contributed by atoms with Crippen molar-refractivity contribution in [2.75, 3.05) is 6.54 Å². The summed E-state index contributed by atoms with van der Waals surface area (Å²) in [6.45, 7) is 2.83. The van der Waals surface area contributed by atoms with Gasteiger partial charge in [0.1, 0.15) is 11.3 Å². The van der Waals surface area contributed by atoms with Crippen LogP contribution in [0.25, 0.3) is 21.0 Å². The summed E-state index contributed by atoms with van der Waals surface area (Å²) in [5.74, 6) is 0.102. The smallest absolute Gasteiger partial charge is 0.254 e. The van der Waals surface area contributed by atoms with Gasteiger partial charge in [0.05, 0.1) is 16.9 Å². The average Bonchev–Trinajstić information content (AvgIpc) is 3.32. The first-order valence-electron chi connectivity index (χ1n) is 8.93. The molecule has 29 heavy (non-hydrogen) atoms. The van der Waals surface area contributed by atoms with Crippen LogP contribution < -0.4 is 0 Å². The molecule has 0 saturated carbocycles. The number of nitrogens with zero attached hydrogens (tertiary/aromatic N) is 6. The summed E-state index contributed by atoms with van der Waals surface area (Å²) in [5.41, 5.74) is 1.02. The molecule has 1 unspecified atom stereocenters. The van der Waals surface area contributed by atoms with Gasteiger partial charge in [0.25, 0.3) is 5.91 Å². The summed E-state index contributed by atoms with van der Waals surface area (Å²) in [7, 11) is 0. The Bertz CT molecular complexity index is 1240. The van der Waals surface area contributed by atoms with Gasteiger partial charge < -0.3 is 9.47 Å². The molecule has 1 aromatic carbocycles. The third-order valence-electron chi connectivity index (χ3n) is 4.97. The summed E-state index contributed by atoms with van der Waals surface area (Å²) >= 11 is 1.32. The van der Waals surface area contributed by atoms with Gasteiger partial charge in [0.15, 0.2) is 16.7 Å². The fourth-order valence-electron chi connectivity index (χ4n) is 3.48. The molecule has 0 bridgehead atoms. The molecule has 7 nitrogen and oxygen atoms in total. The van der Waals surface area contributed by atoms with E-state index in [2.05, 4.69) is 20.2 Å². The minimum atomic E-state index is -0.556.